The van der Waals surface area contributed by atoms with Crippen LogP contribution in [0.3, 0.4) is 0 Å². The predicted molar refractivity (Wildman–Crippen MR) is 574 cm³/mol. The second kappa shape index (κ2) is 47.0. The number of amides is 3. The normalized spacial score (nSPS) is 15.3. The number of carbonyl (C=O) groups excluding carboxylic acids is 6. The predicted octanol–water partition coefficient (Wildman–Crippen LogP) is 26.7. The van der Waals surface area contributed by atoms with Gasteiger partial charge in [0.15, 0.2) is 13.0 Å². The summed E-state index contributed by atoms with van der Waals surface area (Å²) in [5.41, 5.74) is 5.70. The zero-order valence-corrected chi connectivity index (χ0v) is 84.5. The van der Waals surface area contributed by atoms with E-state index < -0.39 is 99.9 Å². The molecule has 3 aliphatic heterocycles. The summed E-state index contributed by atoms with van der Waals surface area (Å²) in [6.45, 7) is 6.96. The van der Waals surface area contributed by atoms with Crippen molar-refractivity contribution in [2.75, 3.05) is 14.7 Å². The molecule has 21 rings (SSSR count). The van der Waals surface area contributed by atoms with E-state index in [1.54, 1.807) is 93.6 Å². The first-order valence-corrected chi connectivity index (χ1v) is 51.4. The second-order valence-corrected chi connectivity index (χ2v) is 40.3. The molecule has 3 aromatic heterocycles. The SMILES string of the molecule is CC(=O)O.CC(=O)O.Cc1ccc(/C(O)=C2\C(=O)C(=O)N(c3nnc(SCc4cccc5ccccc45)s3)C2c2cccc(Oc3ccccc3)c2)cc1F.Cc1ccc(/C(O)=C2\C(=O)C(=O)N(c3nnc(SCc4cccc5ccccc45)s3)C2c2cccc(Oc3ccccc3)c2)cc1F.Cc1ccc(/C(O)=C2\C(=O)C(=O)N(c3nnc(SCc4cccc5ccccc45)s3)C2c2cccc(Oc3ccccc3)c2)cc1F. The zero-order chi connectivity index (χ0) is 105. The molecule has 25 nitrogen and oxygen atoms in total. The minimum absolute atomic E-state index is 0.0800. The van der Waals surface area contributed by atoms with Crippen LogP contribution in [-0.4, -0.2) is 103 Å². The summed E-state index contributed by atoms with van der Waals surface area (Å²) in [6, 6.07) is 100. The highest BCUT2D eigenvalue weighted by atomic mass is 32.2. The summed E-state index contributed by atoms with van der Waals surface area (Å²) in [7, 11) is 0. The number of ketones is 3. The second-order valence-electron chi connectivity index (χ2n) is 33.7. The lowest BCUT2D eigenvalue weighted by atomic mass is 9.95. The van der Waals surface area contributed by atoms with Gasteiger partial charge in [0.05, 0.1) is 34.8 Å². The van der Waals surface area contributed by atoms with E-state index in [0.29, 0.717) is 98.2 Å². The van der Waals surface area contributed by atoms with E-state index in [4.69, 9.17) is 34.0 Å². The Labute approximate surface area is 875 Å². The van der Waals surface area contributed by atoms with Crippen LogP contribution in [0.5, 0.6) is 34.5 Å². The number of aromatic nitrogens is 6. The van der Waals surface area contributed by atoms with Gasteiger partial charge in [0.25, 0.3) is 29.3 Å². The van der Waals surface area contributed by atoms with Gasteiger partial charge < -0.3 is 39.7 Å². The number of hydrogen-bond donors (Lipinski definition) is 5. The van der Waals surface area contributed by atoms with E-state index >= 15 is 0 Å². The van der Waals surface area contributed by atoms with Gasteiger partial charge in [-0.1, -0.05) is 324 Å². The van der Waals surface area contributed by atoms with Crippen LogP contribution in [0.25, 0.3) is 49.6 Å². The van der Waals surface area contributed by atoms with Gasteiger partial charge >= 0.3 is 17.7 Å². The number of Topliss-reactive ketones (excluding diaryl/α,β-unsaturated/α-hetero) is 3. The number of fused-ring (bicyclic) bond motifs is 3. The Morgan fingerprint density at radius 2 is 0.537 bits per heavy atom. The van der Waals surface area contributed by atoms with Crippen molar-refractivity contribution in [1.29, 1.82) is 0 Å². The number of para-hydroxylation sites is 3. The average molecular weight is 2100 g/mol. The summed E-state index contributed by atoms with van der Waals surface area (Å²) >= 11 is 7.96. The highest BCUT2D eigenvalue weighted by Gasteiger charge is 2.52. The van der Waals surface area contributed by atoms with Gasteiger partial charge in [0.2, 0.25) is 15.4 Å². The van der Waals surface area contributed by atoms with Crippen LogP contribution >= 0.6 is 69.3 Å². The van der Waals surface area contributed by atoms with Crippen molar-refractivity contribution >= 4 is 181 Å². The molecule has 0 aliphatic carbocycles. The molecule has 34 heteroatoms. The number of aryl methyl sites for hydroxylation is 3. The quantitative estimate of drug-likeness (QED) is 0.0123. The van der Waals surface area contributed by atoms with Crippen LogP contribution in [0.4, 0.5) is 28.6 Å². The molecule has 5 N–H and O–H groups in total. The third-order valence-electron chi connectivity index (χ3n) is 23.6. The minimum atomic E-state index is -1.08. The van der Waals surface area contributed by atoms with Crippen LogP contribution in [-0.2, 0) is 55.6 Å². The van der Waals surface area contributed by atoms with Crippen LogP contribution in [0.15, 0.2) is 376 Å². The molecule has 744 valence electrons. The van der Waals surface area contributed by atoms with Gasteiger partial charge in [-0.25, -0.2) is 13.2 Å². The fourth-order valence-electron chi connectivity index (χ4n) is 16.6. The molecule has 3 atom stereocenters. The number of carboxylic acid groups (broad SMARTS) is 2. The van der Waals surface area contributed by atoms with E-state index in [0.717, 1.165) is 81.1 Å². The first-order chi connectivity index (χ1) is 72.1. The maximum Gasteiger partial charge on any atom is 0.301 e. The molecular formula is C115H86F3N9O16S6. The number of aliphatic hydroxyl groups is 3. The van der Waals surface area contributed by atoms with Gasteiger partial charge in [0, 0.05) is 47.8 Å². The Kier molecular flexibility index (Phi) is 32.6. The minimum Gasteiger partial charge on any atom is -0.507 e. The molecule has 3 saturated heterocycles. The zero-order valence-electron chi connectivity index (χ0n) is 79.6. The Balaban J connectivity index is 0.000000147. The highest BCUT2D eigenvalue weighted by Crippen LogP contribution is 2.51. The lowest BCUT2D eigenvalue weighted by Crippen LogP contribution is -2.29. The number of ether oxygens (including phenoxy) is 3. The number of carbonyl (C=O) groups is 8. The van der Waals surface area contributed by atoms with Gasteiger partial charge in [-0.15, -0.1) is 30.6 Å². The molecule has 0 radical (unpaired) electrons. The summed E-state index contributed by atoms with van der Waals surface area (Å²) in [4.78, 5) is 104. The van der Waals surface area contributed by atoms with Gasteiger partial charge in [-0.3, -0.25) is 53.1 Å². The topological polar surface area (TPSA) is 352 Å². The number of nitrogens with zero attached hydrogens (tertiary/aromatic N) is 9. The fourth-order valence-corrected chi connectivity index (χ4v) is 22.2. The van der Waals surface area contributed by atoms with Crippen molar-refractivity contribution in [3.63, 3.8) is 0 Å². The van der Waals surface area contributed by atoms with Crippen molar-refractivity contribution in [2.45, 2.75) is 83.0 Å². The first-order valence-electron chi connectivity index (χ1n) is 46.0. The largest absolute Gasteiger partial charge is 0.507 e. The molecule has 3 amide bonds. The number of hydrogen-bond acceptors (Lipinski definition) is 26. The van der Waals surface area contributed by atoms with E-state index in [1.165, 1.54) is 120 Å². The van der Waals surface area contributed by atoms with Crippen molar-refractivity contribution in [3.8, 4) is 34.5 Å². The number of aliphatic carboxylic acids is 2. The molecule has 6 heterocycles. The maximum atomic E-state index is 14.6. The Morgan fingerprint density at radius 1 is 0.302 bits per heavy atom. The summed E-state index contributed by atoms with van der Waals surface area (Å²) < 4.78 is 63.7. The third kappa shape index (κ3) is 24.1. The lowest BCUT2D eigenvalue weighted by molar-refractivity contribution is -0.135. The molecule has 15 aromatic carbocycles. The van der Waals surface area contributed by atoms with Gasteiger partial charge in [-0.05, 0) is 194 Å². The lowest BCUT2D eigenvalue weighted by Gasteiger charge is -2.23. The molecular weight excluding hydrogens is 2010 g/mol. The Hall–Kier alpha value is -17.0. The number of anilines is 3. The van der Waals surface area contributed by atoms with Crippen molar-refractivity contribution < 1.29 is 91.3 Å². The molecule has 18 aromatic rings. The standard InChI is InChI=1S/3C37H26FN3O4S2.2C2H4O2/c3*1-22-17-18-25(20-30(22)38)33(42)31-32(24-11-8-15-28(19-24)45-27-13-3-2-4-14-27)41(35(44)34(31)43)36-39-40-37(47-36)46-21-26-12-7-10-23-9-5-6-16-29(23)26;2*1-2(3)4/h3*2-20,32,42H,21H2,1H3;2*1H3,(H,3,4)/b3*33-31+;;. The Morgan fingerprint density at radius 3 is 0.799 bits per heavy atom. The number of carboxylic acids is 2. The van der Waals surface area contributed by atoms with Crippen LogP contribution in [0.1, 0.15) is 98.7 Å². The number of rotatable bonds is 24. The van der Waals surface area contributed by atoms with Crippen molar-refractivity contribution in [1.82, 2.24) is 30.6 Å². The van der Waals surface area contributed by atoms with Crippen molar-refractivity contribution in [2.24, 2.45) is 0 Å². The number of thioether (sulfide) groups is 3. The molecule has 3 unspecified atom stereocenters. The van der Waals surface area contributed by atoms with Crippen LogP contribution in [0.2, 0.25) is 0 Å². The monoisotopic (exact) mass is 2100 g/mol. The van der Waals surface area contributed by atoms with E-state index in [1.807, 2.05) is 146 Å². The summed E-state index contributed by atoms with van der Waals surface area (Å²) in [5, 5.41) is 82.7. The summed E-state index contributed by atoms with van der Waals surface area (Å²) in [5.74, 6) is -5.07. The van der Waals surface area contributed by atoms with Crippen LogP contribution in [0, 0.1) is 38.2 Å². The summed E-state index contributed by atoms with van der Waals surface area (Å²) in [6.07, 6.45) is 0. The van der Waals surface area contributed by atoms with E-state index in [-0.39, 0.29) is 48.8 Å². The number of aliphatic hydroxyl groups excluding tert-OH is 3. The molecule has 3 aliphatic rings. The maximum absolute atomic E-state index is 14.6. The molecule has 0 saturated carbocycles. The number of benzene rings is 15. The molecule has 0 spiro atoms. The first kappa shape index (κ1) is 103. The number of halogens is 3. The highest BCUT2D eigenvalue weighted by molar-refractivity contribution is 8.00. The molecule has 149 heavy (non-hydrogen) atoms. The fraction of sp³-hybridized carbons (Fsp3) is 0.0957. The van der Waals surface area contributed by atoms with Crippen LogP contribution < -0.4 is 28.9 Å². The Bertz CT molecular complexity index is 7510. The average Bonchev–Trinajstić information content (AvgIpc) is 1.60. The molecule has 3 fully saturated rings. The smallest absolute Gasteiger partial charge is 0.301 e. The van der Waals surface area contributed by atoms with E-state index in [9.17, 15) is 57.3 Å². The van der Waals surface area contributed by atoms with Gasteiger partial charge in [-0.2, -0.15) is 0 Å². The third-order valence-corrected chi connectivity index (χ3v) is 29.9. The van der Waals surface area contributed by atoms with Gasteiger partial charge in [0.1, 0.15) is 69.2 Å². The van der Waals surface area contributed by atoms with Crippen molar-refractivity contribution in [3.05, 3.63) is 447 Å². The molecule has 0 bridgehead atoms. The van der Waals surface area contributed by atoms with E-state index in [2.05, 4.69) is 103 Å².